The lowest BCUT2D eigenvalue weighted by atomic mass is 10.1. The monoisotopic (exact) mass is 580 g/mol. The molecule has 2 N–H and O–H groups in total. The highest BCUT2D eigenvalue weighted by atomic mass is 127. The Bertz CT molecular complexity index is 1310. The lowest BCUT2D eigenvalue weighted by Crippen LogP contribution is -2.42. The van der Waals surface area contributed by atoms with Crippen LogP contribution in [0.25, 0.3) is 12.0 Å². The largest absolute Gasteiger partial charge is 0.505 e. The number of ether oxygens (including phenoxy) is 2. The molecule has 178 valence electrons. The smallest absolute Gasteiger partial charge is 0.291 e. The molecule has 11 heteroatoms. The number of carbonyl (C=O) groups excluding carboxylic acids is 1. The molecule has 0 saturated carbocycles. The third kappa shape index (κ3) is 4.07. The van der Waals surface area contributed by atoms with Crippen LogP contribution in [-0.4, -0.2) is 53.8 Å². The van der Waals surface area contributed by atoms with Gasteiger partial charge in [-0.05, 0) is 24.7 Å². The van der Waals surface area contributed by atoms with E-state index in [1.807, 2.05) is 0 Å². The maximum atomic E-state index is 13.4. The molecule has 0 bridgehead atoms. The van der Waals surface area contributed by atoms with Crippen LogP contribution in [0.1, 0.15) is 16.8 Å². The lowest BCUT2D eigenvalue weighted by Gasteiger charge is -2.31. The van der Waals surface area contributed by atoms with E-state index in [1.165, 1.54) is 22.9 Å². The van der Waals surface area contributed by atoms with Gasteiger partial charge in [-0.25, -0.2) is 7.54 Å². The van der Waals surface area contributed by atoms with Gasteiger partial charge in [0.2, 0.25) is 5.76 Å². The number of nitrogens with one attached hydrogen (secondary N) is 1. The van der Waals surface area contributed by atoms with Gasteiger partial charge in [0.15, 0.2) is 11.5 Å². The Hall–Kier alpha value is -2.90. The quantitative estimate of drug-likeness (QED) is 0.528. The number of benzene rings is 1. The first-order valence-electron chi connectivity index (χ1n) is 10.7. The third-order valence-corrected chi connectivity index (χ3v) is 7.91. The number of rotatable bonds is 5. The van der Waals surface area contributed by atoms with Crippen LogP contribution in [0.3, 0.4) is 0 Å². The van der Waals surface area contributed by atoms with Crippen molar-refractivity contribution in [3.05, 3.63) is 66.6 Å². The van der Waals surface area contributed by atoms with Gasteiger partial charge in [0.1, 0.15) is 17.2 Å². The zero-order valence-corrected chi connectivity index (χ0v) is 20.5. The van der Waals surface area contributed by atoms with Gasteiger partial charge in [-0.2, -0.15) is 0 Å². The molecule has 3 aliphatic rings. The minimum Gasteiger partial charge on any atom is -0.505 e. The third-order valence-electron chi connectivity index (χ3n) is 5.74. The van der Waals surface area contributed by atoms with Crippen molar-refractivity contribution in [3.63, 3.8) is 0 Å². The van der Waals surface area contributed by atoms with E-state index < -0.39 is 26.6 Å². The van der Waals surface area contributed by atoms with E-state index in [0.717, 1.165) is 9.14 Å². The van der Waals surface area contributed by atoms with Crippen LogP contribution in [0, 0.1) is 5.82 Å². The molecule has 0 radical (unpaired) electrons. The summed E-state index contributed by atoms with van der Waals surface area (Å²) in [5.74, 6) is -0.449. The van der Waals surface area contributed by atoms with Gasteiger partial charge in [-0.15, -0.1) is 0 Å². The summed E-state index contributed by atoms with van der Waals surface area (Å²) in [6, 6.07) is 6.13. The maximum absolute atomic E-state index is 13.4. The number of halogens is 2. The van der Waals surface area contributed by atoms with E-state index in [0.29, 0.717) is 49.9 Å². The Morgan fingerprint density at radius 1 is 1.26 bits per heavy atom. The molecule has 1 aromatic carbocycles. The van der Waals surface area contributed by atoms with Crippen LogP contribution < -0.4 is 10.9 Å². The first-order chi connectivity index (χ1) is 16.5. The van der Waals surface area contributed by atoms with Crippen LogP contribution in [0.4, 0.5) is 10.1 Å². The van der Waals surface area contributed by atoms with Crippen molar-refractivity contribution in [3.8, 4) is 5.75 Å². The predicted molar refractivity (Wildman–Crippen MR) is 131 cm³/mol. The number of morpholine rings is 1. The van der Waals surface area contributed by atoms with Crippen molar-refractivity contribution in [1.82, 2.24) is 14.8 Å². The normalized spacial score (nSPS) is 17.0. The number of hydrogen-bond acceptors (Lipinski definition) is 7. The fourth-order valence-corrected chi connectivity index (χ4v) is 6.19. The molecular weight excluding hydrogens is 558 g/mol. The van der Waals surface area contributed by atoms with Crippen molar-refractivity contribution >= 4 is 44.6 Å². The Kier molecular flexibility index (Phi) is 6.32. The number of hydrogen-bond donors (Lipinski definition) is 2. The van der Waals surface area contributed by atoms with Crippen LogP contribution in [-0.2, 0) is 27.2 Å². The zero-order valence-electron chi connectivity index (χ0n) is 18.3. The molecule has 0 unspecified atom stereocenters. The molecule has 34 heavy (non-hydrogen) atoms. The molecule has 2 aromatic rings. The van der Waals surface area contributed by atoms with E-state index in [2.05, 4.69) is 8.46 Å². The van der Waals surface area contributed by atoms with Crippen molar-refractivity contribution in [1.29, 1.82) is 0 Å². The topological polar surface area (TPSA) is 105 Å². The number of carbonyl (C=O) groups is 1. The van der Waals surface area contributed by atoms with Gasteiger partial charge in [0.25, 0.3) is 11.5 Å². The summed E-state index contributed by atoms with van der Waals surface area (Å²) < 4.78 is 31.7. The molecule has 4 heterocycles. The molecule has 0 atom stereocenters. The van der Waals surface area contributed by atoms with E-state index in [4.69, 9.17) is 9.47 Å². The average molecular weight is 580 g/mol. The van der Waals surface area contributed by atoms with Crippen LogP contribution in [0.15, 0.2) is 41.5 Å². The second-order valence-electron chi connectivity index (χ2n) is 7.94. The van der Waals surface area contributed by atoms with Gasteiger partial charge in [0, 0.05) is 47.1 Å². The SMILES string of the molecule is CNCc1c(O)c2c3n(c1=O)C=C(C(=O)N1CCOCC1)OC3=C(Cc1ccc(F)cc1)I=N2. The van der Waals surface area contributed by atoms with E-state index in [9.17, 15) is 19.1 Å². The van der Waals surface area contributed by atoms with E-state index in [-0.39, 0.29) is 35.3 Å². The Morgan fingerprint density at radius 3 is 2.71 bits per heavy atom. The summed E-state index contributed by atoms with van der Waals surface area (Å²) in [5, 5.41) is 13.7. The number of nitrogens with zero attached hydrogens (tertiary/aromatic N) is 3. The second-order valence-corrected chi connectivity index (χ2v) is 10.2. The fourth-order valence-electron chi connectivity index (χ4n) is 4.00. The second kappa shape index (κ2) is 9.39. The maximum Gasteiger partial charge on any atom is 0.291 e. The van der Waals surface area contributed by atoms with Gasteiger partial charge in [-0.1, -0.05) is 12.1 Å². The minimum absolute atomic E-state index is 0.0288. The van der Waals surface area contributed by atoms with Gasteiger partial charge >= 0.3 is 0 Å². The molecule has 3 aliphatic heterocycles. The summed E-state index contributed by atoms with van der Waals surface area (Å²) in [6.45, 7) is 1.87. The molecule has 9 nitrogen and oxygen atoms in total. The van der Waals surface area contributed by atoms with E-state index >= 15 is 0 Å². The van der Waals surface area contributed by atoms with Gasteiger partial charge in [0.05, 0.1) is 28.6 Å². The molecule has 5 rings (SSSR count). The fraction of sp³-hybridized carbons (Fsp3) is 0.304. The average Bonchev–Trinajstić information content (AvgIpc) is 2.87. The van der Waals surface area contributed by atoms with Crippen LogP contribution in [0.2, 0.25) is 0 Å². The van der Waals surface area contributed by atoms with Crippen LogP contribution in [0.5, 0.6) is 5.75 Å². The zero-order chi connectivity index (χ0) is 23.8. The summed E-state index contributed by atoms with van der Waals surface area (Å²) >= 11 is -0.985. The molecule has 1 aromatic heterocycles. The summed E-state index contributed by atoms with van der Waals surface area (Å²) in [5.41, 5.74) is 1.21. The van der Waals surface area contributed by atoms with Gasteiger partial charge < -0.3 is 24.8 Å². The number of pyridine rings is 1. The van der Waals surface area contributed by atoms with Crippen LogP contribution >= 0.6 is 21.0 Å². The van der Waals surface area contributed by atoms with Crippen molar-refractivity contribution < 1.29 is 23.8 Å². The molecule has 1 fully saturated rings. The Morgan fingerprint density at radius 2 is 2.00 bits per heavy atom. The highest BCUT2D eigenvalue weighted by Crippen LogP contribution is 2.49. The molecule has 1 amide bonds. The molecule has 0 spiro atoms. The predicted octanol–water partition coefficient (Wildman–Crippen LogP) is 2.81. The number of aromatic nitrogens is 1. The number of amides is 1. The number of allylic oxidation sites excluding steroid dienone is 1. The van der Waals surface area contributed by atoms with Gasteiger partial charge in [-0.3, -0.25) is 14.2 Å². The minimum atomic E-state index is -0.985. The number of aromatic hydroxyl groups is 1. The highest BCUT2D eigenvalue weighted by molar-refractivity contribution is 14.2. The standard InChI is InChI=1S/C23H22FIN4O5/c1-26-11-15-20(30)18-19-21(16(25-27-18)10-13-2-4-14(24)5-3-13)34-17(12-29(19)22(15)31)23(32)28-6-8-33-9-7-28/h2-5,12,26,30H,6-11H2,1H3. The summed E-state index contributed by atoms with van der Waals surface area (Å²) in [6.07, 6.45) is 1.81. The molecule has 0 aliphatic carbocycles. The van der Waals surface area contributed by atoms with Crippen molar-refractivity contribution in [2.45, 2.75) is 13.0 Å². The molecular formula is C23H22FIN4O5. The summed E-state index contributed by atoms with van der Waals surface area (Å²) in [4.78, 5) is 28.2. The first-order valence-corrected chi connectivity index (χ1v) is 12.8. The Labute approximate surface area is 204 Å². The Balaban J connectivity index is 1.66. The van der Waals surface area contributed by atoms with E-state index in [1.54, 1.807) is 24.1 Å². The molecule has 1 saturated heterocycles. The lowest BCUT2D eigenvalue weighted by molar-refractivity contribution is -0.133. The highest BCUT2D eigenvalue weighted by Gasteiger charge is 2.35. The van der Waals surface area contributed by atoms with Crippen molar-refractivity contribution in [2.24, 2.45) is 3.15 Å². The van der Waals surface area contributed by atoms with Crippen molar-refractivity contribution in [2.75, 3.05) is 33.4 Å². The summed E-state index contributed by atoms with van der Waals surface area (Å²) in [7, 11) is 1.68. The first kappa shape index (κ1) is 22.9.